The summed E-state index contributed by atoms with van der Waals surface area (Å²) in [5.41, 5.74) is 2.52. The summed E-state index contributed by atoms with van der Waals surface area (Å²) < 4.78 is 21.6. The number of hydrogen-bond acceptors (Lipinski definition) is 8. The fourth-order valence-electron chi connectivity index (χ4n) is 3.99. The van der Waals surface area contributed by atoms with Gasteiger partial charge in [0.2, 0.25) is 5.91 Å². The van der Waals surface area contributed by atoms with E-state index in [1.807, 2.05) is 42.5 Å². The molecule has 4 rings (SSSR count). The van der Waals surface area contributed by atoms with Crippen LogP contribution in [0.4, 0.5) is 0 Å². The monoisotopic (exact) mass is 544 g/mol. The van der Waals surface area contributed by atoms with E-state index in [4.69, 9.17) is 18.9 Å². The Morgan fingerprint density at radius 1 is 0.825 bits per heavy atom. The van der Waals surface area contributed by atoms with Gasteiger partial charge in [-0.1, -0.05) is 18.2 Å². The minimum absolute atomic E-state index is 0.127. The van der Waals surface area contributed by atoms with Gasteiger partial charge in [0.05, 0.1) is 21.3 Å². The Kier molecular flexibility index (Phi) is 9.71. The first-order valence-electron chi connectivity index (χ1n) is 12.8. The van der Waals surface area contributed by atoms with Gasteiger partial charge in [0.25, 0.3) is 5.56 Å². The SMILES string of the molecule is COc1cccc(COc2ccc(-c3nnc(CCC(=O)NCCc4ccc(OC)c(OC)c4)c(=O)[nH]3)cc2)c1. The fraction of sp³-hybridized carbons (Fsp3) is 0.267. The number of nitrogens with one attached hydrogen (secondary N) is 2. The lowest BCUT2D eigenvalue weighted by atomic mass is 10.1. The summed E-state index contributed by atoms with van der Waals surface area (Å²) in [7, 11) is 4.79. The van der Waals surface area contributed by atoms with Crippen LogP contribution in [0.3, 0.4) is 0 Å². The van der Waals surface area contributed by atoms with E-state index in [9.17, 15) is 9.59 Å². The molecule has 0 spiro atoms. The van der Waals surface area contributed by atoms with Crippen LogP contribution in [0.2, 0.25) is 0 Å². The first-order valence-corrected chi connectivity index (χ1v) is 12.8. The number of H-pyrrole nitrogens is 1. The molecule has 0 unspecified atom stereocenters. The molecule has 0 aliphatic rings. The van der Waals surface area contributed by atoms with Crippen molar-refractivity contribution >= 4 is 5.91 Å². The van der Waals surface area contributed by atoms with Gasteiger partial charge >= 0.3 is 0 Å². The molecule has 1 aromatic heterocycles. The number of nitrogens with zero attached hydrogens (tertiary/aromatic N) is 2. The first kappa shape index (κ1) is 28.2. The van der Waals surface area contributed by atoms with Gasteiger partial charge in [-0.05, 0) is 66.1 Å². The van der Waals surface area contributed by atoms with Crippen LogP contribution < -0.4 is 29.8 Å². The predicted octanol–water partition coefficient (Wildman–Crippen LogP) is 3.73. The average Bonchev–Trinajstić information content (AvgIpc) is 2.99. The zero-order valence-corrected chi connectivity index (χ0v) is 22.7. The van der Waals surface area contributed by atoms with E-state index >= 15 is 0 Å². The maximum absolute atomic E-state index is 12.6. The van der Waals surface area contributed by atoms with Crippen molar-refractivity contribution in [2.75, 3.05) is 27.9 Å². The van der Waals surface area contributed by atoms with Crippen molar-refractivity contribution in [3.63, 3.8) is 0 Å². The number of methoxy groups -OCH3 is 3. The average molecular weight is 545 g/mol. The van der Waals surface area contributed by atoms with Crippen LogP contribution in [0.1, 0.15) is 23.2 Å². The second kappa shape index (κ2) is 13.8. The Hall–Kier alpha value is -4.86. The van der Waals surface area contributed by atoms with Crippen LogP contribution >= 0.6 is 0 Å². The highest BCUT2D eigenvalue weighted by Crippen LogP contribution is 2.27. The molecule has 0 aliphatic heterocycles. The van der Waals surface area contributed by atoms with Gasteiger partial charge in [-0.2, -0.15) is 0 Å². The Bertz CT molecular complexity index is 1490. The topological polar surface area (TPSA) is 125 Å². The van der Waals surface area contributed by atoms with Crippen LogP contribution in [0.15, 0.2) is 71.5 Å². The maximum atomic E-state index is 12.6. The lowest BCUT2D eigenvalue weighted by molar-refractivity contribution is -0.121. The van der Waals surface area contributed by atoms with Crippen molar-refractivity contribution in [1.29, 1.82) is 0 Å². The molecule has 0 bridgehead atoms. The molecule has 1 heterocycles. The van der Waals surface area contributed by atoms with Crippen molar-refractivity contribution in [3.05, 3.63) is 93.9 Å². The molecule has 3 aromatic carbocycles. The van der Waals surface area contributed by atoms with Gasteiger partial charge in [-0.3, -0.25) is 9.59 Å². The highest BCUT2D eigenvalue weighted by atomic mass is 16.5. The Labute approximate surface area is 232 Å². The van der Waals surface area contributed by atoms with Gasteiger partial charge in [0.1, 0.15) is 23.8 Å². The third-order valence-corrected chi connectivity index (χ3v) is 6.20. The standard InChI is InChI=1S/C30H32N4O6/c1-37-24-6-4-5-21(17-24)19-40-23-10-8-22(9-11-23)29-32-30(36)25(33-34-29)12-14-28(35)31-16-15-20-7-13-26(38-2)27(18-20)39-3/h4-11,13,17-18H,12,14-16,19H2,1-3H3,(H,31,35)(H,32,34,36). The normalized spacial score (nSPS) is 10.6. The number of ether oxygens (including phenoxy) is 4. The van der Waals surface area contributed by atoms with Crippen molar-refractivity contribution in [1.82, 2.24) is 20.5 Å². The number of benzene rings is 3. The molecule has 1 amide bonds. The van der Waals surface area contributed by atoms with Crippen LogP contribution in [-0.4, -0.2) is 49.0 Å². The second-order valence-electron chi connectivity index (χ2n) is 8.90. The van der Waals surface area contributed by atoms with Gasteiger partial charge < -0.3 is 29.2 Å². The van der Waals surface area contributed by atoms with Crippen molar-refractivity contribution in [2.24, 2.45) is 0 Å². The molecule has 0 atom stereocenters. The number of hydrogen-bond donors (Lipinski definition) is 2. The Balaban J connectivity index is 1.25. The Morgan fingerprint density at radius 3 is 2.35 bits per heavy atom. The third kappa shape index (κ3) is 7.59. The second-order valence-corrected chi connectivity index (χ2v) is 8.90. The molecule has 40 heavy (non-hydrogen) atoms. The number of aromatic amines is 1. The maximum Gasteiger partial charge on any atom is 0.273 e. The van der Waals surface area contributed by atoms with Gasteiger partial charge in [-0.25, -0.2) is 0 Å². The van der Waals surface area contributed by atoms with Crippen LogP contribution in [0, 0.1) is 0 Å². The van der Waals surface area contributed by atoms with Crippen molar-refractivity contribution in [2.45, 2.75) is 25.9 Å². The van der Waals surface area contributed by atoms with Crippen LogP contribution in [-0.2, 0) is 24.2 Å². The quantitative estimate of drug-likeness (QED) is 0.261. The molecule has 4 aromatic rings. The van der Waals surface area contributed by atoms with E-state index in [0.29, 0.717) is 48.2 Å². The highest BCUT2D eigenvalue weighted by molar-refractivity contribution is 5.76. The van der Waals surface area contributed by atoms with Gasteiger partial charge in [-0.15, -0.1) is 10.2 Å². The number of aryl methyl sites for hydroxylation is 1. The number of carbonyl (C=O) groups excluding carboxylic acids is 1. The molecular weight excluding hydrogens is 512 g/mol. The number of rotatable bonds is 13. The van der Waals surface area contributed by atoms with E-state index in [1.165, 1.54) is 0 Å². The molecule has 208 valence electrons. The molecule has 0 aliphatic carbocycles. The van der Waals surface area contributed by atoms with E-state index in [-0.39, 0.29) is 30.0 Å². The van der Waals surface area contributed by atoms with Crippen LogP contribution in [0.5, 0.6) is 23.0 Å². The lowest BCUT2D eigenvalue weighted by Gasteiger charge is -2.10. The van der Waals surface area contributed by atoms with E-state index in [1.54, 1.807) is 45.6 Å². The van der Waals surface area contributed by atoms with Gasteiger partial charge in [0.15, 0.2) is 17.3 Å². The number of aromatic nitrogens is 3. The Morgan fingerprint density at radius 2 is 1.62 bits per heavy atom. The molecule has 10 heteroatoms. The smallest absolute Gasteiger partial charge is 0.273 e. The minimum atomic E-state index is -0.374. The number of amides is 1. The summed E-state index contributed by atoms with van der Waals surface area (Å²) in [6.07, 6.45) is 0.941. The molecule has 0 saturated carbocycles. The fourth-order valence-corrected chi connectivity index (χ4v) is 3.99. The van der Waals surface area contributed by atoms with E-state index in [2.05, 4.69) is 20.5 Å². The summed E-state index contributed by atoms with van der Waals surface area (Å²) >= 11 is 0. The first-order chi connectivity index (χ1) is 19.5. The lowest BCUT2D eigenvalue weighted by Crippen LogP contribution is -2.27. The van der Waals surface area contributed by atoms with Crippen molar-refractivity contribution < 1.29 is 23.7 Å². The van der Waals surface area contributed by atoms with Gasteiger partial charge in [0, 0.05) is 24.9 Å². The molecule has 0 saturated heterocycles. The predicted molar refractivity (Wildman–Crippen MR) is 150 cm³/mol. The zero-order valence-electron chi connectivity index (χ0n) is 22.7. The molecule has 0 radical (unpaired) electrons. The molecular formula is C30H32N4O6. The number of carbonyl (C=O) groups is 1. The largest absolute Gasteiger partial charge is 0.497 e. The summed E-state index contributed by atoms with van der Waals surface area (Å²) in [5, 5.41) is 11.1. The summed E-state index contributed by atoms with van der Waals surface area (Å²) in [4.78, 5) is 27.6. The zero-order chi connectivity index (χ0) is 28.3. The van der Waals surface area contributed by atoms with E-state index < -0.39 is 0 Å². The minimum Gasteiger partial charge on any atom is -0.497 e. The summed E-state index contributed by atoms with van der Waals surface area (Å²) in [6, 6.07) is 20.5. The molecule has 10 nitrogen and oxygen atoms in total. The third-order valence-electron chi connectivity index (χ3n) is 6.20. The highest BCUT2D eigenvalue weighted by Gasteiger charge is 2.11. The summed E-state index contributed by atoms with van der Waals surface area (Å²) in [6.45, 7) is 0.847. The van der Waals surface area contributed by atoms with Crippen molar-refractivity contribution in [3.8, 4) is 34.4 Å². The van der Waals surface area contributed by atoms with E-state index in [0.717, 1.165) is 16.9 Å². The molecule has 2 N–H and O–H groups in total. The summed E-state index contributed by atoms with van der Waals surface area (Å²) in [5.74, 6) is 2.91. The van der Waals surface area contributed by atoms with Crippen LogP contribution in [0.25, 0.3) is 11.4 Å². The molecule has 0 fully saturated rings.